The summed E-state index contributed by atoms with van der Waals surface area (Å²) in [6.45, 7) is 2.73. The molecule has 8 heteroatoms. The Morgan fingerprint density at radius 1 is 1.50 bits per heavy atom. The number of hydrogen-bond acceptors (Lipinski definition) is 5. The Bertz CT molecular complexity index is 996. The van der Waals surface area contributed by atoms with E-state index in [1.807, 2.05) is 40.4 Å². The van der Waals surface area contributed by atoms with Gasteiger partial charge in [-0.25, -0.2) is 9.97 Å². The Balaban J connectivity index is 1.55. The lowest BCUT2D eigenvalue weighted by molar-refractivity contribution is -0.115. The molecule has 0 unspecified atom stereocenters. The van der Waals surface area contributed by atoms with Crippen molar-refractivity contribution in [2.45, 2.75) is 25.0 Å². The van der Waals surface area contributed by atoms with E-state index in [9.17, 15) is 10.1 Å². The van der Waals surface area contributed by atoms with Gasteiger partial charge in [-0.1, -0.05) is 17.8 Å². The van der Waals surface area contributed by atoms with Crippen LogP contribution in [0.1, 0.15) is 17.0 Å². The van der Waals surface area contributed by atoms with Crippen LogP contribution in [0.2, 0.25) is 0 Å². The molecule has 0 aromatic carbocycles. The second-order valence-corrected chi connectivity index (χ2v) is 6.64. The summed E-state index contributed by atoms with van der Waals surface area (Å²) in [5, 5.41) is 12.8. The molecule has 1 N–H and O–H groups in total. The summed E-state index contributed by atoms with van der Waals surface area (Å²) < 4.78 is 3.75. The molecule has 3 aromatic heterocycles. The van der Waals surface area contributed by atoms with Crippen LogP contribution >= 0.6 is 11.8 Å². The van der Waals surface area contributed by atoms with E-state index in [1.54, 1.807) is 11.8 Å². The molecule has 0 bridgehead atoms. The summed E-state index contributed by atoms with van der Waals surface area (Å²) in [5.41, 5.74) is 2.99. The van der Waals surface area contributed by atoms with Gasteiger partial charge in [-0.3, -0.25) is 4.79 Å². The van der Waals surface area contributed by atoms with Gasteiger partial charge >= 0.3 is 0 Å². The number of aromatic nitrogens is 4. The first kappa shape index (κ1) is 14.8. The summed E-state index contributed by atoms with van der Waals surface area (Å²) in [7, 11) is 0. The van der Waals surface area contributed by atoms with Crippen LogP contribution in [0.5, 0.6) is 0 Å². The number of amides is 1. The lowest BCUT2D eigenvalue weighted by Gasteiger charge is -2.02. The highest BCUT2D eigenvalue weighted by atomic mass is 32.2. The van der Waals surface area contributed by atoms with E-state index in [4.69, 9.17) is 0 Å². The summed E-state index contributed by atoms with van der Waals surface area (Å²) in [5.74, 6) is 1.02. The fourth-order valence-electron chi connectivity index (χ4n) is 2.81. The first-order valence-corrected chi connectivity index (χ1v) is 8.51. The number of imidazole rings is 2. The summed E-state index contributed by atoms with van der Waals surface area (Å²) in [6.07, 6.45) is 3.89. The van der Waals surface area contributed by atoms with Crippen molar-refractivity contribution in [3.8, 4) is 6.07 Å². The predicted molar refractivity (Wildman–Crippen MR) is 89.9 cm³/mol. The predicted octanol–water partition coefficient (Wildman–Crippen LogP) is 2.00. The van der Waals surface area contributed by atoms with Crippen molar-refractivity contribution in [3.05, 3.63) is 41.5 Å². The maximum Gasteiger partial charge on any atom is 0.231 e. The fourth-order valence-corrected chi connectivity index (χ4v) is 3.76. The Hall–Kier alpha value is -2.79. The Kier molecular flexibility index (Phi) is 3.50. The van der Waals surface area contributed by atoms with E-state index in [0.29, 0.717) is 17.2 Å². The van der Waals surface area contributed by atoms with Crippen LogP contribution in [0.3, 0.4) is 0 Å². The molecule has 1 aliphatic heterocycles. The van der Waals surface area contributed by atoms with Gasteiger partial charge < -0.3 is 14.3 Å². The zero-order valence-corrected chi connectivity index (χ0v) is 13.8. The smallest absolute Gasteiger partial charge is 0.231 e. The lowest BCUT2D eigenvalue weighted by atomic mass is 10.3. The number of thioether (sulfide) groups is 1. The number of nitrogens with zero attached hydrogens (tertiary/aromatic N) is 5. The highest BCUT2D eigenvalue weighted by Gasteiger charge is 2.23. The van der Waals surface area contributed by atoms with Gasteiger partial charge in [0.05, 0.1) is 12.1 Å². The highest BCUT2D eigenvalue weighted by molar-refractivity contribution is 7.99. The van der Waals surface area contributed by atoms with Crippen molar-refractivity contribution in [2.24, 2.45) is 0 Å². The highest BCUT2D eigenvalue weighted by Crippen LogP contribution is 2.30. The second kappa shape index (κ2) is 5.69. The molecular formula is C16H14N6OS. The Morgan fingerprint density at radius 3 is 3.17 bits per heavy atom. The molecule has 0 fully saturated rings. The topological polar surface area (TPSA) is 88.0 Å². The zero-order valence-electron chi connectivity index (χ0n) is 13.0. The van der Waals surface area contributed by atoms with Crippen LogP contribution in [0.4, 0.5) is 5.82 Å². The van der Waals surface area contributed by atoms with Gasteiger partial charge in [-0.05, 0) is 18.6 Å². The standard InChI is InChI=1S/C16H14N6OS/c1-10-3-2-4-21-9-11(18-15(10)21)7-13(23)19-14-12(8-17)22-5-6-24-16(22)20-14/h2-4,9H,5-7H2,1H3,(H,19,23). The molecule has 0 spiro atoms. The summed E-state index contributed by atoms with van der Waals surface area (Å²) >= 11 is 1.59. The first-order valence-electron chi connectivity index (χ1n) is 7.52. The normalized spacial score (nSPS) is 13.0. The van der Waals surface area contributed by atoms with E-state index in [2.05, 4.69) is 21.4 Å². The molecular weight excluding hydrogens is 324 g/mol. The van der Waals surface area contributed by atoms with Crippen molar-refractivity contribution >= 4 is 29.1 Å². The van der Waals surface area contributed by atoms with Crippen molar-refractivity contribution < 1.29 is 4.79 Å². The number of anilines is 1. The van der Waals surface area contributed by atoms with Crippen molar-refractivity contribution in [1.29, 1.82) is 5.26 Å². The number of nitrogens with one attached hydrogen (secondary N) is 1. The van der Waals surface area contributed by atoms with Crippen LogP contribution in [0.15, 0.2) is 29.7 Å². The molecule has 0 saturated carbocycles. The number of rotatable bonds is 3. The van der Waals surface area contributed by atoms with Gasteiger partial charge in [0.2, 0.25) is 5.91 Å². The molecule has 120 valence electrons. The number of hydrogen-bond donors (Lipinski definition) is 1. The SMILES string of the molecule is Cc1cccn2cc(CC(=O)Nc3nc4n(c3C#N)CCS4)nc12. The van der Waals surface area contributed by atoms with Gasteiger partial charge in [0.25, 0.3) is 0 Å². The van der Waals surface area contributed by atoms with Gasteiger partial charge in [0, 0.05) is 24.7 Å². The van der Waals surface area contributed by atoms with Crippen LogP contribution in [0.25, 0.3) is 5.65 Å². The van der Waals surface area contributed by atoms with Crippen LogP contribution in [0, 0.1) is 18.3 Å². The molecule has 0 saturated heterocycles. The molecule has 24 heavy (non-hydrogen) atoms. The summed E-state index contributed by atoms with van der Waals surface area (Å²) in [4.78, 5) is 21.2. The lowest BCUT2D eigenvalue weighted by Crippen LogP contribution is -2.16. The van der Waals surface area contributed by atoms with Crippen molar-refractivity contribution in [1.82, 2.24) is 18.9 Å². The largest absolute Gasteiger partial charge is 0.308 e. The fraction of sp³-hybridized carbons (Fsp3) is 0.250. The molecule has 4 rings (SSSR count). The number of pyridine rings is 1. The average molecular weight is 338 g/mol. The molecule has 1 amide bonds. The third-order valence-electron chi connectivity index (χ3n) is 3.91. The molecule has 1 aliphatic rings. The molecule has 0 aliphatic carbocycles. The number of aryl methyl sites for hydroxylation is 1. The quantitative estimate of drug-likeness (QED) is 0.789. The van der Waals surface area contributed by atoms with Crippen molar-refractivity contribution in [3.63, 3.8) is 0 Å². The number of fused-ring (bicyclic) bond motifs is 2. The Morgan fingerprint density at radius 2 is 2.38 bits per heavy atom. The molecule has 4 heterocycles. The van der Waals surface area contributed by atoms with Crippen LogP contribution in [-0.4, -0.2) is 30.6 Å². The van der Waals surface area contributed by atoms with Gasteiger partial charge in [-0.15, -0.1) is 0 Å². The minimum Gasteiger partial charge on any atom is -0.308 e. The van der Waals surface area contributed by atoms with E-state index < -0.39 is 0 Å². The molecule has 3 aromatic rings. The zero-order chi connectivity index (χ0) is 16.7. The molecule has 0 atom stereocenters. The van der Waals surface area contributed by atoms with Crippen LogP contribution in [-0.2, 0) is 17.8 Å². The number of carbonyl (C=O) groups excluding carboxylic acids is 1. The maximum absolute atomic E-state index is 12.3. The number of carbonyl (C=O) groups is 1. The van der Waals surface area contributed by atoms with Crippen LogP contribution < -0.4 is 5.32 Å². The molecule has 0 radical (unpaired) electrons. The Labute approximate surface area is 142 Å². The van der Waals surface area contributed by atoms with Crippen molar-refractivity contribution in [2.75, 3.05) is 11.1 Å². The minimum absolute atomic E-state index is 0.140. The maximum atomic E-state index is 12.3. The van der Waals surface area contributed by atoms with Gasteiger partial charge in [0.15, 0.2) is 16.7 Å². The van der Waals surface area contributed by atoms with E-state index in [1.165, 1.54) is 0 Å². The minimum atomic E-state index is -0.227. The van der Waals surface area contributed by atoms with Gasteiger partial charge in [0.1, 0.15) is 11.7 Å². The third-order valence-corrected chi connectivity index (χ3v) is 4.87. The van der Waals surface area contributed by atoms with Gasteiger partial charge in [-0.2, -0.15) is 5.26 Å². The monoisotopic (exact) mass is 338 g/mol. The third kappa shape index (κ3) is 2.43. The molecule has 7 nitrogen and oxygen atoms in total. The summed E-state index contributed by atoms with van der Waals surface area (Å²) in [6, 6.07) is 6.05. The average Bonchev–Trinajstić information content (AvgIpc) is 3.21. The second-order valence-electron chi connectivity index (χ2n) is 5.58. The first-order chi connectivity index (χ1) is 11.7. The van der Waals surface area contributed by atoms with E-state index in [0.717, 1.165) is 28.7 Å². The van der Waals surface area contributed by atoms with E-state index in [-0.39, 0.29) is 12.3 Å². The number of nitriles is 1. The van der Waals surface area contributed by atoms with E-state index >= 15 is 0 Å².